The van der Waals surface area contributed by atoms with Gasteiger partial charge in [-0.3, -0.25) is 0 Å². The van der Waals surface area contributed by atoms with Gasteiger partial charge in [0.15, 0.2) is 0 Å². The molecule has 0 aliphatic heterocycles. The van der Waals surface area contributed by atoms with Crippen LogP contribution >= 0.6 is 11.3 Å². The third-order valence-electron chi connectivity index (χ3n) is 10.6. The molecule has 0 N–H and O–H groups in total. The zero-order chi connectivity index (χ0) is 34.9. The minimum absolute atomic E-state index is 0.909. The van der Waals surface area contributed by atoms with Crippen molar-refractivity contribution in [2.45, 2.75) is 0 Å². The molecule has 9 aromatic carbocycles. The second-order valence-corrected chi connectivity index (χ2v) is 14.8. The van der Waals surface area contributed by atoms with E-state index < -0.39 is 0 Å². The van der Waals surface area contributed by atoms with E-state index in [2.05, 4.69) is 187 Å². The van der Waals surface area contributed by atoms with Crippen LogP contribution in [0.4, 0.5) is 17.1 Å². The molecular weight excluding hydrogens is 663 g/mol. The highest BCUT2D eigenvalue weighted by Crippen LogP contribution is 2.44. The Balaban J connectivity index is 1.10. The van der Waals surface area contributed by atoms with Crippen LogP contribution in [0.25, 0.3) is 85.9 Å². The number of para-hydroxylation sites is 1. The first-order chi connectivity index (χ1) is 26.3. The molecule has 0 radical (unpaired) electrons. The van der Waals surface area contributed by atoms with Crippen LogP contribution in [0.15, 0.2) is 192 Å². The Bertz CT molecular complexity index is 3170. The first kappa shape index (κ1) is 30.0. The molecular formula is C50H31NOS. The Morgan fingerprint density at radius 3 is 1.81 bits per heavy atom. The lowest BCUT2D eigenvalue weighted by Crippen LogP contribution is -2.09. The van der Waals surface area contributed by atoms with Gasteiger partial charge >= 0.3 is 0 Å². The molecule has 0 unspecified atom stereocenters. The predicted octanol–water partition coefficient (Wildman–Crippen LogP) is 15.1. The molecule has 0 saturated heterocycles. The maximum Gasteiger partial charge on any atom is 0.143 e. The molecule has 11 rings (SSSR count). The van der Waals surface area contributed by atoms with Gasteiger partial charge in [-0.1, -0.05) is 127 Å². The van der Waals surface area contributed by atoms with E-state index in [1.54, 1.807) is 0 Å². The smallest absolute Gasteiger partial charge is 0.143 e. The molecule has 0 amide bonds. The summed E-state index contributed by atoms with van der Waals surface area (Å²) in [6.45, 7) is 0. The molecule has 2 nitrogen and oxygen atoms in total. The first-order valence-corrected chi connectivity index (χ1v) is 18.8. The van der Waals surface area contributed by atoms with Crippen molar-refractivity contribution in [3.05, 3.63) is 188 Å². The molecule has 0 aliphatic rings. The van der Waals surface area contributed by atoms with Crippen molar-refractivity contribution >= 4 is 92.1 Å². The van der Waals surface area contributed by atoms with Crippen LogP contribution in [-0.2, 0) is 0 Å². The number of anilines is 3. The highest BCUT2D eigenvalue weighted by Gasteiger charge is 2.18. The van der Waals surface area contributed by atoms with E-state index in [0.29, 0.717) is 0 Å². The van der Waals surface area contributed by atoms with Gasteiger partial charge in [0.1, 0.15) is 11.2 Å². The lowest BCUT2D eigenvalue weighted by Gasteiger charge is -2.26. The topological polar surface area (TPSA) is 16.4 Å². The van der Waals surface area contributed by atoms with E-state index >= 15 is 0 Å². The molecule has 0 bridgehead atoms. The van der Waals surface area contributed by atoms with Crippen molar-refractivity contribution in [3.8, 4) is 22.3 Å². The molecule has 2 heterocycles. The number of rotatable bonds is 5. The van der Waals surface area contributed by atoms with Gasteiger partial charge in [-0.15, -0.1) is 11.3 Å². The molecule has 0 aliphatic carbocycles. The third-order valence-corrected chi connectivity index (χ3v) is 11.8. The minimum atomic E-state index is 0.909. The van der Waals surface area contributed by atoms with Crippen molar-refractivity contribution in [3.63, 3.8) is 0 Å². The van der Waals surface area contributed by atoms with Crippen LogP contribution < -0.4 is 4.90 Å². The van der Waals surface area contributed by atoms with Gasteiger partial charge in [0.2, 0.25) is 0 Å². The second kappa shape index (κ2) is 11.9. The predicted molar refractivity (Wildman–Crippen MR) is 227 cm³/mol. The molecule has 0 spiro atoms. The Kier molecular flexibility index (Phi) is 6.76. The minimum Gasteiger partial charge on any atom is -0.455 e. The van der Waals surface area contributed by atoms with Crippen LogP contribution in [0, 0.1) is 0 Å². The maximum absolute atomic E-state index is 6.53. The van der Waals surface area contributed by atoms with E-state index in [-0.39, 0.29) is 0 Å². The van der Waals surface area contributed by atoms with Crippen molar-refractivity contribution in [1.82, 2.24) is 0 Å². The number of benzene rings is 9. The fourth-order valence-corrected chi connectivity index (χ4v) is 9.25. The van der Waals surface area contributed by atoms with Gasteiger partial charge in [-0.05, 0) is 99.1 Å². The summed E-state index contributed by atoms with van der Waals surface area (Å²) in [6.07, 6.45) is 0. The fourth-order valence-electron chi connectivity index (χ4n) is 8.16. The van der Waals surface area contributed by atoms with E-state index in [9.17, 15) is 0 Å². The zero-order valence-electron chi connectivity index (χ0n) is 28.7. The van der Waals surface area contributed by atoms with Gasteiger partial charge < -0.3 is 9.32 Å². The van der Waals surface area contributed by atoms with E-state index in [0.717, 1.165) is 49.8 Å². The summed E-state index contributed by atoms with van der Waals surface area (Å²) >= 11 is 1.85. The molecule has 0 atom stereocenters. The SMILES string of the molecule is c1ccc(-c2cccc3cccc(-c4ccc(N(c5ccc6sc7ccccc7c6c5)c5ccc6ccc7c8ccccc8oc7c6c5)cc4)c23)cc1. The van der Waals surface area contributed by atoms with Crippen LogP contribution in [0.5, 0.6) is 0 Å². The summed E-state index contributed by atoms with van der Waals surface area (Å²) in [5.41, 5.74) is 9.99. The zero-order valence-corrected chi connectivity index (χ0v) is 29.5. The molecule has 248 valence electrons. The summed E-state index contributed by atoms with van der Waals surface area (Å²) in [5.74, 6) is 0. The van der Waals surface area contributed by atoms with E-state index in [4.69, 9.17) is 4.42 Å². The number of fused-ring (bicyclic) bond motifs is 9. The average Bonchev–Trinajstić information content (AvgIpc) is 3.80. The number of nitrogens with zero attached hydrogens (tertiary/aromatic N) is 1. The van der Waals surface area contributed by atoms with Crippen LogP contribution in [0.1, 0.15) is 0 Å². The molecule has 0 saturated carbocycles. The van der Waals surface area contributed by atoms with Gasteiger partial charge in [-0.25, -0.2) is 0 Å². The normalized spacial score (nSPS) is 11.8. The van der Waals surface area contributed by atoms with Crippen molar-refractivity contribution in [1.29, 1.82) is 0 Å². The van der Waals surface area contributed by atoms with E-state index in [1.807, 2.05) is 17.4 Å². The van der Waals surface area contributed by atoms with Crippen LogP contribution in [-0.4, -0.2) is 0 Å². The summed E-state index contributed by atoms with van der Waals surface area (Å²) in [4.78, 5) is 2.38. The van der Waals surface area contributed by atoms with Crippen molar-refractivity contribution in [2.75, 3.05) is 4.90 Å². The van der Waals surface area contributed by atoms with Crippen molar-refractivity contribution in [2.24, 2.45) is 0 Å². The molecule has 2 aromatic heterocycles. The highest BCUT2D eigenvalue weighted by atomic mass is 32.1. The maximum atomic E-state index is 6.53. The quantitative estimate of drug-likeness (QED) is 0.178. The number of hydrogen-bond acceptors (Lipinski definition) is 3. The standard InChI is InChI=1S/C50H31NOS/c1-2-10-32(11-3-1)39-16-8-12-35-13-9-17-40(49(35)39)33-20-24-36(25-21-33)51(38-27-29-48-45(31-38)42-15-5-7-19-47(42)53-48)37-26-22-34-23-28-43-41-14-4-6-18-46(41)52-50(43)44(34)30-37/h1-31H. The number of hydrogen-bond donors (Lipinski definition) is 0. The summed E-state index contributed by atoms with van der Waals surface area (Å²) in [6, 6.07) is 68.1. The monoisotopic (exact) mass is 693 g/mol. The Hall–Kier alpha value is -6.68. The van der Waals surface area contributed by atoms with Crippen molar-refractivity contribution < 1.29 is 4.42 Å². The Morgan fingerprint density at radius 2 is 1.00 bits per heavy atom. The van der Waals surface area contributed by atoms with Crippen LogP contribution in [0.3, 0.4) is 0 Å². The number of furan rings is 1. The van der Waals surface area contributed by atoms with Gasteiger partial charge in [0.25, 0.3) is 0 Å². The molecule has 11 aromatic rings. The third kappa shape index (κ3) is 4.86. The average molecular weight is 694 g/mol. The summed E-state index contributed by atoms with van der Waals surface area (Å²) in [5, 5.41) is 9.60. The summed E-state index contributed by atoms with van der Waals surface area (Å²) < 4.78 is 9.13. The van der Waals surface area contributed by atoms with Crippen LogP contribution in [0.2, 0.25) is 0 Å². The lowest BCUT2D eigenvalue weighted by molar-refractivity contribution is 0.672. The molecule has 0 fully saturated rings. The largest absolute Gasteiger partial charge is 0.455 e. The van der Waals surface area contributed by atoms with E-state index in [1.165, 1.54) is 53.2 Å². The van der Waals surface area contributed by atoms with Gasteiger partial charge in [0, 0.05) is 53.4 Å². The second-order valence-electron chi connectivity index (χ2n) is 13.7. The van der Waals surface area contributed by atoms with Gasteiger partial charge in [-0.2, -0.15) is 0 Å². The highest BCUT2D eigenvalue weighted by molar-refractivity contribution is 7.25. The van der Waals surface area contributed by atoms with Gasteiger partial charge in [0.05, 0.1) is 0 Å². The lowest BCUT2D eigenvalue weighted by atomic mass is 9.91. The summed E-state index contributed by atoms with van der Waals surface area (Å²) in [7, 11) is 0. The fraction of sp³-hybridized carbons (Fsp3) is 0. The molecule has 53 heavy (non-hydrogen) atoms. The Labute approximate surface area is 310 Å². The number of thiophene rings is 1. The Morgan fingerprint density at radius 1 is 0.377 bits per heavy atom. The first-order valence-electron chi connectivity index (χ1n) is 18.0. The molecule has 3 heteroatoms.